The molecule has 1 heterocycles. The number of rotatable bonds is 4. The SMILES string of the molecule is COC(=O)Cc1cc2ccc(F)cc2c(C2CCN(C(=O)c3c(Cl)cccc3Cl)CC2)c1C. The number of hydrogen-bond acceptors (Lipinski definition) is 3. The summed E-state index contributed by atoms with van der Waals surface area (Å²) in [5, 5.41) is 2.40. The van der Waals surface area contributed by atoms with Crippen molar-refractivity contribution in [2.75, 3.05) is 20.2 Å². The third-order valence-electron chi connectivity index (χ3n) is 6.45. The number of amides is 1. The maximum absolute atomic E-state index is 14.2. The van der Waals surface area contributed by atoms with Crippen molar-refractivity contribution in [2.24, 2.45) is 0 Å². The van der Waals surface area contributed by atoms with Crippen LogP contribution in [0, 0.1) is 12.7 Å². The Labute approximate surface area is 202 Å². The molecule has 1 aliphatic heterocycles. The molecule has 1 fully saturated rings. The normalized spacial score (nSPS) is 14.5. The first-order chi connectivity index (χ1) is 15.8. The van der Waals surface area contributed by atoms with Crippen LogP contribution < -0.4 is 0 Å². The minimum Gasteiger partial charge on any atom is -0.469 e. The van der Waals surface area contributed by atoms with Crippen molar-refractivity contribution < 1.29 is 18.7 Å². The van der Waals surface area contributed by atoms with Crippen molar-refractivity contribution in [1.29, 1.82) is 0 Å². The molecule has 0 unspecified atom stereocenters. The summed E-state index contributed by atoms with van der Waals surface area (Å²) in [6, 6.07) is 11.7. The minimum atomic E-state index is -0.317. The number of carbonyl (C=O) groups excluding carboxylic acids is 2. The molecule has 0 aliphatic carbocycles. The summed E-state index contributed by atoms with van der Waals surface area (Å²) < 4.78 is 19.0. The summed E-state index contributed by atoms with van der Waals surface area (Å²) >= 11 is 12.5. The topological polar surface area (TPSA) is 46.6 Å². The lowest BCUT2D eigenvalue weighted by Crippen LogP contribution is -2.38. The number of methoxy groups -OCH3 is 1. The van der Waals surface area contributed by atoms with Gasteiger partial charge in [0.25, 0.3) is 5.91 Å². The maximum Gasteiger partial charge on any atom is 0.309 e. The summed E-state index contributed by atoms with van der Waals surface area (Å²) in [7, 11) is 1.37. The maximum atomic E-state index is 14.2. The van der Waals surface area contributed by atoms with Gasteiger partial charge in [-0.3, -0.25) is 9.59 Å². The van der Waals surface area contributed by atoms with Crippen molar-refractivity contribution in [2.45, 2.75) is 32.1 Å². The second-order valence-corrected chi connectivity index (χ2v) is 9.17. The van der Waals surface area contributed by atoms with Gasteiger partial charge in [-0.1, -0.05) is 41.4 Å². The number of carbonyl (C=O) groups is 2. The van der Waals surface area contributed by atoms with Crippen LogP contribution in [0.4, 0.5) is 4.39 Å². The van der Waals surface area contributed by atoms with Gasteiger partial charge in [-0.15, -0.1) is 0 Å². The molecular formula is C26H24Cl2FNO3. The molecule has 1 amide bonds. The third-order valence-corrected chi connectivity index (χ3v) is 7.08. The Hall–Kier alpha value is -2.63. The van der Waals surface area contributed by atoms with Crippen LogP contribution in [0.15, 0.2) is 42.5 Å². The molecule has 0 N–H and O–H groups in total. The van der Waals surface area contributed by atoms with Gasteiger partial charge in [-0.2, -0.15) is 0 Å². The molecule has 1 saturated heterocycles. The zero-order valence-corrected chi connectivity index (χ0v) is 20.0. The Balaban J connectivity index is 1.65. The number of fused-ring (bicyclic) bond motifs is 1. The van der Waals surface area contributed by atoms with Gasteiger partial charge in [0.1, 0.15) is 5.82 Å². The van der Waals surface area contributed by atoms with E-state index in [2.05, 4.69) is 0 Å². The molecule has 4 rings (SSSR count). The number of halogens is 3. The molecule has 0 spiro atoms. The molecule has 0 atom stereocenters. The van der Waals surface area contributed by atoms with Gasteiger partial charge in [0.15, 0.2) is 0 Å². The second kappa shape index (κ2) is 9.70. The van der Waals surface area contributed by atoms with E-state index in [9.17, 15) is 14.0 Å². The molecule has 3 aromatic rings. The standard InChI is InChI=1S/C26H24Cl2FNO3/c1-15-18(13-23(31)33-2)12-17-6-7-19(29)14-20(17)24(15)16-8-10-30(11-9-16)26(32)25-21(27)4-3-5-22(25)28/h3-7,12,14,16H,8-11,13H2,1-2H3. The van der Waals surface area contributed by atoms with E-state index in [1.165, 1.54) is 13.2 Å². The number of ether oxygens (including phenoxy) is 1. The molecule has 7 heteroatoms. The Kier molecular flexibility index (Phi) is 6.91. The fraction of sp³-hybridized carbons (Fsp3) is 0.308. The van der Waals surface area contributed by atoms with Crippen molar-refractivity contribution in [3.05, 3.63) is 80.6 Å². The molecule has 0 saturated carbocycles. The highest BCUT2D eigenvalue weighted by Gasteiger charge is 2.29. The van der Waals surface area contributed by atoms with E-state index in [4.69, 9.17) is 27.9 Å². The molecular weight excluding hydrogens is 464 g/mol. The Morgan fingerprint density at radius 2 is 1.76 bits per heavy atom. The highest BCUT2D eigenvalue weighted by Crippen LogP contribution is 2.38. The summed E-state index contributed by atoms with van der Waals surface area (Å²) in [5.74, 6) is -0.679. The molecule has 0 radical (unpaired) electrons. The minimum absolute atomic E-state index is 0.123. The van der Waals surface area contributed by atoms with Crippen LogP contribution >= 0.6 is 23.2 Å². The zero-order chi connectivity index (χ0) is 23.7. The molecule has 4 nitrogen and oxygen atoms in total. The predicted molar refractivity (Wildman–Crippen MR) is 129 cm³/mol. The Morgan fingerprint density at radius 3 is 2.39 bits per heavy atom. The van der Waals surface area contributed by atoms with E-state index in [0.29, 0.717) is 41.5 Å². The number of nitrogens with zero attached hydrogens (tertiary/aromatic N) is 1. The quantitative estimate of drug-likeness (QED) is 0.404. The van der Waals surface area contributed by atoms with Crippen LogP contribution in [-0.2, 0) is 16.0 Å². The number of likely N-dealkylation sites (tertiary alicyclic amines) is 1. The van der Waals surface area contributed by atoms with E-state index in [1.54, 1.807) is 35.2 Å². The van der Waals surface area contributed by atoms with Gasteiger partial charge in [0, 0.05) is 13.1 Å². The molecule has 0 bridgehead atoms. The van der Waals surface area contributed by atoms with Crippen molar-refractivity contribution >= 4 is 45.9 Å². The first-order valence-electron chi connectivity index (χ1n) is 10.8. The Bertz CT molecular complexity index is 1220. The second-order valence-electron chi connectivity index (χ2n) is 8.36. The summed E-state index contributed by atoms with van der Waals surface area (Å²) in [4.78, 5) is 26.8. The number of esters is 1. The largest absolute Gasteiger partial charge is 0.469 e. The van der Waals surface area contributed by atoms with E-state index in [-0.39, 0.29) is 30.0 Å². The molecule has 0 aromatic heterocycles. The lowest BCUT2D eigenvalue weighted by molar-refractivity contribution is -0.139. The zero-order valence-electron chi connectivity index (χ0n) is 18.5. The van der Waals surface area contributed by atoms with E-state index in [0.717, 1.165) is 27.5 Å². The third kappa shape index (κ3) is 4.71. The fourth-order valence-corrected chi connectivity index (χ4v) is 5.29. The summed E-state index contributed by atoms with van der Waals surface area (Å²) in [6.45, 7) is 3.03. The smallest absolute Gasteiger partial charge is 0.309 e. The van der Waals surface area contributed by atoms with Crippen LogP contribution in [0.3, 0.4) is 0 Å². The lowest BCUT2D eigenvalue weighted by Gasteiger charge is -2.34. The van der Waals surface area contributed by atoms with Crippen LogP contribution in [0.5, 0.6) is 0 Å². The van der Waals surface area contributed by atoms with Crippen LogP contribution in [0.1, 0.15) is 45.8 Å². The predicted octanol–water partition coefficient (Wildman–Crippen LogP) is 6.33. The average molecular weight is 488 g/mol. The van der Waals surface area contributed by atoms with Gasteiger partial charge in [-0.05, 0) is 77.4 Å². The van der Waals surface area contributed by atoms with Crippen LogP contribution in [-0.4, -0.2) is 37.0 Å². The fourth-order valence-electron chi connectivity index (χ4n) is 4.73. The first-order valence-corrected chi connectivity index (χ1v) is 11.6. The van der Waals surface area contributed by atoms with Crippen molar-refractivity contribution in [3.63, 3.8) is 0 Å². The molecule has 3 aromatic carbocycles. The van der Waals surface area contributed by atoms with Gasteiger partial charge in [0.2, 0.25) is 0 Å². The number of benzene rings is 3. The van der Waals surface area contributed by atoms with Crippen LogP contribution in [0.25, 0.3) is 10.8 Å². The van der Waals surface area contributed by atoms with E-state index in [1.807, 2.05) is 13.0 Å². The van der Waals surface area contributed by atoms with Gasteiger partial charge in [0.05, 0.1) is 29.1 Å². The average Bonchev–Trinajstić information content (AvgIpc) is 2.80. The molecule has 1 aliphatic rings. The Morgan fingerprint density at radius 1 is 1.09 bits per heavy atom. The lowest BCUT2D eigenvalue weighted by atomic mass is 9.81. The van der Waals surface area contributed by atoms with Crippen molar-refractivity contribution in [1.82, 2.24) is 4.90 Å². The molecule has 33 heavy (non-hydrogen) atoms. The van der Waals surface area contributed by atoms with E-state index < -0.39 is 0 Å². The van der Waals surface area contributed by atoms with Gasteiger partial charge in [-0.25, -0.2) is 4.39 Å². The van der Waals surface area contributed by atoms with Gasteiger partial charge >= 0.3 is 5.97 Å². The monoisotopic (exact) mass is 487 g/mol. The summed E-state index contributed by atoms with van der Waals surface area (Å²) in [5.41, 5.74) is 3.20. The number of hydrogen-bond donors (Lipinski definition) is 0. The number of piperidine rings is 1. The van der Waals surface area contributed by atoms with E-state index >= 15 is 0 Å². The highest BCUT2D eigenvalue weighted by atomic mass is 35.5. The first kappa shape index (κ1) is 23.5. The van der Waals surface area contributed by atoms with Crippen LogP contribution in [0.2, 0.25) is 10.0 Å². The highest BCUT2D eigenvalue weighted by molar-refractivity contribution is 6.39. The van der Waals surface area contributed by atoms with Crippen molar-refractivity contribution in [3.8, 4) is 0 Å². The summed E-state index contributed by atoms with van der Waals surface area (Å²) in [6.07, 6.45) is 1.58. The van der Waals surface area contributed by atoms with Gasteiger partial charge < -0.3 is 9.64 Å². The molecule has 172 valence electrons.